The lowest BCUT2D eigenvalue weighted by molar-refractivity contribution is 0.124. The Hall–Kier alpha value is -0.530. The van der Waals surface area contributed by atoms with Crippen molar-refractivity contribution in [2.75, 3.05) is 0 Å². The summed E-state index contributed by atoms with van der Waals surface area (Å²) in [5.41, 5.74) is 0.157. The minimum atomic E-state index is -2.53. The zero-order valence-electron chi connectivity index (χ0n) is 6.80. The van der Waals surface area contributed by atoms with Crippen LogP contribution in [0.1, 0.15) is 5.69 Å². The third kappa shape index (κ3) is 2.45. The van der Waals surface area contributed by atoms with E-state index >= 15 is 0 Å². The number of nitrogens with zero attached hydrogens (tertiary/aromatic N) is 2. The molecule has 1 heterocycles. The Bertz CT molecular complexity index is 364. The van der Waals surface area contributed by atoms with Crippen molar-refractivity contribution in [3.63, 3.8) is 0 Å². The normalized spacial score (nSPS) is 10.8. The molecule has 0 fully saturated rings. The van der Waals surface area contributed by atoms with E-state index in [1.54, 1.807) is 29.5 Å². The molecule has 72 valence electrons. The van der Waals surface area contributed by atoms with E-state index in [0.29, 0.717) is 9.26 Å². The Kier molecular flexibility index (Phi) is 3.34. The van der Waals surface area contributed by atoms with E-state index in [9.17, 15) is 13.6 Å². The van der Waals surface area contributed by atoms with E-state index in [1.807, 2.05) is 0 Å². The first-order valence-corrected chi connectivity index (χ1v) is 4.60. The topological polar surface area (TPSA) is 34.9 Å². The first-order valence-electron chi connectivity index (χ1n) is 3.52. The maximum Gasteiger partial charge on any atom is 0.267 e. The van der Waals surface area contributed by atoms with Crippen LogP contribution in [0.3, 0.4) is 0 Å². The van der Waals surface area contributed by atoms with E-state index in [-0.39, 0.29) is 0 Å². The highest BCUT2D eigenvalue weighted by atomic mass is 127. The maximum absolute atomic E-state index is 11.9. The van der Waals surface area contributed by atoms with Crippen molar-refractivity contribution in [1.29, 1.82) is 0 Å². The molecular formula is C7H7F2IN2O. The zero-order valence-corrected chi connectivity index (χ0v) is 8.96. The Morgan fingerprint density at radius 2 is 2.31 bits per heavy atom. The third-order valence-electron chi connectivity index (χ3n) is 1.49. The van der Waals surface area contributed by atoms with Crippen LogP contribution in [-0.2, 0) is 6.54 Å². The average Bonchev–Trinajstić information content (AvgIpc) is 2.06. The molecule has 0 radical (unpaired) electrons. The van der Waals surface area contributed by atoms with Crippen LogP contribution in [-0.4, -0.2) is 16.0 Å². The van der Waals surface area contributed by atoms with Crippen LogP contribution in [0.15, 0.2) is 11.1 Å². The summed E-state index contributed by atoms with van der Waals surface area (Å²) in [4.78, 5) is 15.1. The van der Waals surface area contributed by atoms with Gasteiger partial charge in [-0.3, -0.25) is 9.36 Å². The van der Waals surface area contributed by atoms with Crippen molar-refractivity contribution < 1.29 is 8.78 Å². The van der Waals surface area contributed by atoms with Crippen molar-refractivity contribution in [1.82, 2.24) is 9.55 Å². The minimum absolute atomic E-state index is 0.390. The number of aryl methyl sites for hydroxylation is 1. The fourth-order valence-electron chi connectivity index (χ4n) is 0.825. The molecule has 0 aliphatic carbocycles. The van der Waals surface area contributed by atoms with Gasteiger partial charge in [-0.1, -0.05) is 0 Å². The Morgan fingerprint density at radius 1 is 1.69 bits per heavy atom. The fraction of sp³-hybridized carbons (Fsp3) is 0.429. The number of rotatable bonds is 2. The number of hydrogen-bond acceptors (Lipinski definition) is 2. The third-order valence-corrected chi connectivity index (χ3v) is 2.73. The lowest BCUT2D eigenvalue weighted by Crippen LogP contribution is -2.26. The van der Waals surface area contributed by atoms with Gasteiger partial charge in [0.25, 0.3) is 12.0 Å². The van der Waals surface area contributed by atoms with E-state index in [1.165, 1.54) is 0 Å². The molecule has 0 N–H and O–H groups in total. The van der Waals surface area contributed by atoms with Gasteiger partial charge < -0.3 is 0 Å². The molecule has 0 bridgehead atoms. The van der Waals surface area contributed by atoms with E-state index in [0.717, 1.165) is 10.9 Å². The van der Waals surface area contributed by atoms with Crippen molar-refractivity contribution in [2.24, 2.45) is 0 Å². The molecule has 0 spiro atoms. The van der Waals surface area contributed by atoms with Crippen molar-refractivity contribution >= 4 is 22.6 Å². The van der Waals surface area contributed by atoms with Gasteiger partial charge in [0.1, 0.15) is 0 Å². The molecular weight excluding hydrogens is 293 g/mol. The molecule has 1 aromatic heterocycles. The number of hydrogen-bond donors (Lipinski definition) is 0. The molecule has 0 aliphatic heterocycles. The van der Waals surface area contributed by atoms with Crippen LogP contribution < -0.4 is 5.56 Å². The highest BCUT2D eigenvalue weighted by Gasteiger charge is 2.09. The quantitative estimate of drug-likeness (QED) is 0.774. The van der Waals surface area contributed by atoms with Crippen molar-refractivity contribution in [3.8, 4) is 0 Å². The van der Waals surface area contributed by atoms with Crippen LogP contribution in [0.4, 0.5) is 8.78 Å². The molecule has 0 amide bonds. The molecule has 0 saturated heterocycles. The number of aromatic nitrogens is 2. The number of halogens is 3. The van der Waals surface area contributed by atoms with Crippen LogP contribution in [0, 0.1) is 10.5 Å². The molecule has 0 saturated carbocycles. The van der Waals surface area contributed by atoms with E-state index < -0.39 is 18.5 Å². The minimum Gasteiger partial charge on any atom is -0.293 e. The van der Waals surface area contributed by atoms with Crippen molar-refractivity contribution in [2.45, 2.75) is 19.9 Å². The van der Waals surface area contributed by atoms with Gasteiger partial charge >= 0.3 is 0 Å². The summed E-state index contributed by atoms with van der Waals surface area (Å²) < 4.78 is 25.2. The highest BCUT2D eigenvalue weighted by Crippen LogP contribution is 2.02. The van der Waals surface area contributed by atoms with Gasteiger partial charge in [0.2, 0.25) is 0 Å². The van der Waals surface area contributed by atoms with Crippen LogP contribution in [0.25, 0.3) is 0 Å². The van der Waals surface area contributed by atoms with Gasteiger partial charge in [-0.25, -0.2) is 13.8 Å². The lowest BCUT2D eigenvalue weighted by Gasteiger charge is -2.05. The summed E-state index contributed by atoms with van der Waals surface area (Å²) in [6.07, 6.45) is -1.38. The van der Waals surface area contributed by atoms with E-state index in [2.05, 4.69) is 4.98 Å². The van der Waals surface area contributed by atoms with Gasteiger partial charge in [0.05, 0.1) is 22.1 Å². The summed E-state index contributed by atoms with van der Waals surface area (Å²) in [6, 6.07) is 0. The fourth-order valence-corrected chi connectivity index (χ4v) is 1.27. The Morgan fingerprint density at radius 3 is 2.85 bits per heavy atom. The Balaban J connectivity index is 3.12. The van der Waals surface area contributed by atoms with Crippen molar-refractivity contribution in [3.05, 3.63) is 25.9 Å². The molecule has 0 aromatic carbocycles. The summed E-state index contributed by atoms with van der Waals surface area (Å²) in [7, 11) is 0. The molecule has 1 rings (SSSR count). The highest BCUT2D eigenvalue weighted by molar-refractivity contribution is 14.1. The number of alkyl halides is 2. The monoisotopic (exact) mass is 300 g/mol. The lowest BCUT2D eigenvalue weighted by atomic mass is 10.4. The average molecular weight is 300 g/mol. The summed E-state index contributed by atoms with van der Waals surface area (Å²) >= 11 is 1.80. The standard InChI is InChI=1S/C7H7F2IN2O/c1-4-6(10)7(13)12(3-11-4)2-5(8)9/h3,5H,2H2,1H3. The first-order chi connectivity index (χ1) is 6.02. The molecule has 1 aromatic rings. The zero-order chi connectivity index (χ0) is 10.0. The van der Waals surface area contributed by atoms with Gasteiger partial charge in [-0.15, -0.1) is 0 Å². The largest absolute Gasteiger partial charge is 0.293 e. The molecule has 0 unspecified atom stereocenters. The molecule has 3 nitrogen and oxygen atoms in total. The molecule has 0 atom stereocenters. The SMILES string of the molecule is Cc1ncn(CC(F)F)c(=O)c1I. The summed E-state index contributed by atoms with van der Waals surface area (Å²) in [6.45, 7) is 1.07. The first kappa shape index (κ1) is 10.6. The predicted octanol–water partition coefficient (Wildman–Crippen LogP) is 1.42. The predicted molar refractivity (Wildman–Crippen MR) is 52.0 cm³/mol. The van der Waals surface area contributed by atoms with Crippen LogP contribution >= 0.6 is 22.6 Å². The molecule has 0 aliphatic rings. The molecule has 6 heteroatoms. The van der Waals surface area contributed by atoms with Gasteiger partial charge in [0, 0.05) is 0 Å². The van der Waals surface area contributed by atoms with Crippen LogP contribution in [0.5, 0.6) is 0 Å². The van der Waals surface area contributed by atoms with Gasteiger partial charge in [0.15, 0.2) is 0 Å². The smallest absolute Gasteiger partial charge is 0.267 e. The maximum atomic E-state index is 11.9. The summed E-state index contributed by atoms with van der Waals surface area (Å²) in [5.74, 6) is 0. The van der Waals surface area contributed by atoms with Crippen LogP contribution in [0.2, 0.25) is 0 Å². The second-order valence-electron chi connectivity index (χ2n) is 2.49. The second-order valence-corrected chi connectivity index (χ2v) is 3.57. The summed E-state index contributed by atoms with van der Waals surface area (Å²) in [5, 5.41) is 0. The van der Waals surface area contributed by atoms with E-state index in [4.69, 9.17) is 0 Å². The van der Waals surface area contributed by atoms with Gasteiger partial charge in [-0.05, 0) is 29.5 Å². The Labute approximate surface area is 86.9 Å². The second kappa shape index (κ2) is 4.12. The van der Waals surface area contributed by atoms with Gasteiger partial charge in [-0.2, -0.15) is 0 Å². The molecule has 13 heavy (non-hydrogen) atoms.